The Bertz CT molecular complexity index is 580. The zero-order valence-electron chi connectivity index (χ0n) is 16.6. The average molecular weight is 402 g/mol. The van der Waals surface area contributed by atoms with Crippen molar-refractivity contribution >= 4 is 21.7 Å². The van der Waals surface area contributed by atoms with Crippen LogP contribution in [0.5, 0.6) is 0 Å². The van der Waals surface area contributed by atoms with E-state index in [1.807, 2.05) is 11.8 Å². The van der Waals surface area contributed by atoms with E-state index in [0.29, 0.717) is 26.1 Å². The number of hydrogen-bond acceptors (Lipinski definition) is 5. The molecule has 0 saturated carbocycles. The van der Waals surface area contributed by atoms with Crippen LogP contribution in [0.15, 0.2) is 4.99 Å². The summed E-state index contributed by atoms with van der Waals surface area (Å²) in [5.41, 5.74) is 0. The lowest BCUT2D eigenvalue weighted by Crippen LogP contribution is -2.46. The molecule has 0 spiro atoms. The van der Waals surface area contributed by atoms with Crippen molar-refractivity contribution < 1.29 is 13.2 Å². The van der Waals surface area contributed by atoms with E-state index in [1.54, 1.807) is 0 Å². The number of rotatable bonds is 8. The van der Waals surface area contributed by atoms with Gasteiger partial charge in [-0.1, -0.05) is 6.42 Å². The van der Waals surface area contributed by atoms with Crippen molar-refractivity contribution in [1.29, 1.82) is 0 Å². The number of sulfone groups is 1. The van der Waals surface area contributed by atoms with Crippen LogP contribution in [-0.2, 0) is 14.6 Å². The zero-order valence-corrected chi connectivity index (χ0v) is 17.4. The summed E-state index contributed by atoms with van der Waals surface area (Å²) in [5.74, 6) is 1.58. The second-order valence-electron chi connectivity index (χ2n) is 7.23. The SMILES string of the molecule is CCNC(=NCCCN1CCCCCC1=O)NCCN1CCS(=O)(=O)CC1. The summed E-state index contributed by atoms with van der Waals surface area (Å²) in [6, 6.07) is 0. The van der Waals surface area contributed by atoms with E-state index in [9.17, 15) is 13.2 Å². The lowest BCUT2D eigenvalue weighted by molar-refractivity contribution is -0.130. The summed E-state index contributed by atoms with van der Waals surface area (Å²) in [7, 11) is -2.82. The molecular formula is C18H35N5O3S. The van der Waals surface area contributed by atoms with Crippen LogP contribution < -0.4 is 10.6 Å². The first-order valence-electron chi connectivity index (χ1n) is 10.2. The third-order valence-corrected chi connectivity index (χ3v) is 6.64. The van der Waals surface area contributed by atoms with Crippen LogP contribution in [0.3, 0.4) is 0 Å². The molecule has 0 unspecified atom stereocenters. The average Bonchev–Trinajstić information content (AvgIpc) is 2.84. The molecule has 2 rings (SSSR count). The normalized spacial score (nSPS) is 21.7. The van der Waals surface area contributed by atoms with Gasteiger partial charge in [0.1, 0.15) is 0 Å². The quantitative estimate of drug-likeness (QED) is 0.339. The van der Waals surface area contributed by atoms with Crippen molar-refractivity contribution in [2.24, 2.45) is 4.99 Å². The second-order valence-corrected chi connectivity index (χ2v) is 9.53. The first-order valence-corrected chi connectivity index (χ1v) is 12.0. The van der Waals surface area contributed by atoms with E-state index >= 15 is 0 Å². The molecule has 2 aliphatic rings. The van der Waals surface area contributed by atoms with Gasteiger partial charge in [-0.15, -0.1) is 0 Å². The summed E-state index contributed by atoms with van der Waals surface area (Å²) in [6.45, 7) is 7.93. The van der Waals surface area contributed by atoms with Crippen LogP contribution in [0.2, 0.25) is 0 Å². The topological polar surface area (TPSA) is 94.1 Å². The van der Waals surface area contributed by atoms with Crippen LogP contribution >= 0.6 is 0 Å². The van der Waals surface area contributed by atoms with Gasteiger partial charge in [0, 0.05) is 58.8 Å². The van der Waals surface area contributed by atoms with Gasteiger partial charge >= 0.3 is 0 Å². The second kappa shape index (κ2) is 11.5. The van der Waals surface area contributed by atoms with Crippen LogP contribution in [-0.4, -0.2) is 93.9 Å². The molecule has 9 heteroatoms. The van der Waals surface area contributed by atoms with Crippen molar-refractivity contribution in [3.8, 4) is 0 Å². The molecule has 2 heterocycles. The fraction of sp³-hybridized carbons (Fsp3) is 0.889. The minimum Gasteiger partial charge on any atom is -0.357 e. The van der Waals surface area contributed by atoms with Gasteiger partial charge in [-0.05, 0) is 26.2 Å². The molecule has 2 aliphatic heterocycles. The van der Waals surface area contributed by atoms with E-state index in [-0.39, 0.29) is 17.4 Å². The van der Waals surface area contributed by atoms with E-state index in [2.05, 4.69) is 20.5 Å². The number of nitrogens with zero attached hydrogens (tertiary/aromatic N) is 3. The van der Waals surface area contributed by atoms with Crippen molar-refractivity contribution in [2.75, 3.05) is 63.9 Å². The third kappa shape index (κ3) is 8.47. The molecule has 0 aromatic rings. The monoisotopic (exact) mass is 401 g/mol. The molecule has 1 amide bonds. The highest BCUT2D eigenvalue weighted by Crippen LogP contribution is 2.11. The van der Waals surface area contributed by atoms with Crippen molar-refractivity contribution in [1.82, 2.24) is 20.4 Å². The third-order valence-electron chi connectivity index (χ3n) is 5.03. The van der Waals surface area contributed by atoms with Gasteiger partial charge in [0.05, 0.1) is 11.5 Å². The maximum Gasteiger partial charge on any atom is 0.222 e. The standard InChI is InChI=1S/C18H35N5O3S/c1-2-19-18(21-9-12-22-13-15-27(25,26)16-14-22)20-8-6-11-23-10-5-3-4-7-17(23)24/h2-16H2,1H3,(H2,19,20,21). The summed E-state index contributed by atoms with van der Waals surface area (Å²) >= 11 is 0. The molecular weight excluding hydrogens is 366 g/mol. The van der Waals surface area contributed by atoms with E-state index in [1.165, 1.54) is 0 Å². The Morgan fingerprint density at radius 3 is 2.59 bits per heavy atom. The Hall–Kier alpha value is -1.35. The molecule has 0 radical (unpaired) electrons. The number of likely N-dealkylation sites (tertiary alicyclic amines) is 1. The summed E-state index contributed by atoms with van der Waals surface area (Å²) in [5, 5.41) is 6.55. The lowest BCUT2D eigenvalue weighted by Gasteiger charge is -2.26. The van der Waals surface area contributed by atoms with Crippen LogP contribution in [0.4, 0.5) is 0 Å². The minimum absolute atomic E-state index is 0.260. The molecule has 0 bridgehead atoms. The lowest BCUT2D eigenvalue weighted by atomic mass is 10.2. The highest BCUT2D eigenvalue weighted by Gasteiger charge is 2.21. The van der Waals surface area contributed by atoms with Gasteiger partial charge in [-0.3, -0.25) is 14.7 Å². The smallest absolute Gasteiger partial charge is 0.222 e. The maximum absolute atomic E-state index is 12.0. The Kier molecular flexibility index (Phi) is 9.33. The highest BCUT2D eigenvalue weighted by molar-refractivity contribution is 7.91. The first kappa shape index (κ1) is 21.9. The number of aliphatic imine (C=N–C) groups is 1. The van der Waals surface area contributed by atoms with Gasteiger partial charge in [0.15, 0.2) is 15.8 Å². The van der Waals surface area contributed by atoms with Crippen LogP contribution in [0.1, 0.15) is 39.0 Å². The number of carbonyl (C=O) groups is 1. The van der Waals surface area contributed by atoms with Gasteiger partial charge in [0.25, 0.3) is 0 Å². The number of carbonyl (C=O) groups excluding carboxylic acids is 1. The predicted octanol–water partition coefficient (Wildman–Crippen LogP) is 0.0646. The molecule has 0 aromatic carbocycles. The maximum atomic E-state index is 12.0. The summed E-state index contributed by atoms with van der Waals surface area (Å²) in [6.07, 6.45) is 4.83. The minimum atomic E-state index is -2.82. The van der Waals surface area contributed by atoms with E-state index < -0.39 is 9.84 Å². The number of amides is 1. The van der Waals surface area contributed by atoms with Gasteiger partial charge < -0.3 is 15.5 Å². The van der Waals surface area contributed by atoms with Crippen molar-refractivity contribution in [3.63, 3.8) is 0 Å². The molecule has 2 saturated heterocycles. The van der Waals surface area contributed by atoms with Crippen molar-refractivity contribution in [2.45, 2.75) is 39.0 Å². The Labute approximate surface area is 163 Å². The fourth-order valence-corrected chi connectivity index (χ4v) is 4.65. The van der Waals surface area contributed by atoms with Crippen LogP contribution in [0, 0.1) is 0 Å². The number of hydrogen-bond donors (Lipinski definition) is 2. The van der Waals surface area contributed by atoms with Crippen molar-refractivity contribution in [3.05, 3.63) is 0 Å². The molecule has 0 aliphatic carbocycles. The number of nitrogens with one attached hydrogen (secondary N) is 2. The molecule has 27 heavy (non-hydrogen) atoms. The molecule has 2 N–H and O–H groups in total. The van der Waals surface area contributed by atoms with Crippen LogP contribution in [0.25, 0.3) is 0 Å². The van der Waals surface area contributed by atoms with E-state index in [0.717, 1.165) is 64.4 Å². The summed E-state index contributed by atoms with van der Waals surface area (Å²) < 4.78 is 22.9. The molecule has 0 aromatic heterocycles. The zero-order chi connectivity index (χ0) is 19.5. The Morgan fingerprint density at radius 2 is 1.85 bits per heavy atom. The number of guanidine groups is 1. The first-order chi connectivity index (χ1) is 13.0. The highest BCUT2D eigenvalue weighted by atomic mass is 32.2. The molecule has 156 valence electrons. The molecule has 2 fully saturated rings. The predicted molar refractivity (Wildman–Crippen MR) is 109 cm³/mol. The Balaban J connectivity index is 1.66. The molecule has 8 nitrogen and oxygen atoms in total. The Morgan fingerprint density at radius 1 is 1.07 bits per heavy atom. The molecule has 0 atom stereocenters. The van der Waals surface area contributed by atoms with Gasteiger partial charge in [0.2, 0.25) is 5.91 Å². The largest absolute Gasteiger partial charge is 0.357 e. The van der Waals surface area contributed by atoms with Gasteiger partial charge in [-0.25, -0.2) is 8.42 Å². The van der Waals surface area contributed by atoms with Gasteiger partial charge in [-0.2, -0.15) is 0 Å². The summed E-state index contributed by atoms with van der Waals surface area (Å²) in [4.78, 5) is 20.7. The van der Waals surface area contributed by atoms with E-state index in [4.69, 9.17) is 0 Å². The fourth-order valence-electron chi connectivity index (χ4n) is 3.38.